The summed E-state index contributed by atoms with van der Waals surface area (Å²) in [5, 5.41) is 9.09. The zero-order valence-corrected chi connectivity index (χ0v) is 19.1. The molecule has 1 amide bonds. The van der Waals surface area contributed by atoms with E-state index < -0.39 is 11.6 Å². The monoisotopic (exact) mass is 476 g/mol. The summed E-state index contributed by atoms with van der Waals surface area (Å²) in [7, 11) is 0. The van der Waals surface area contributed by atoms with Crippen LogP contribution in [0.2, 0.25) is 0 Å². The summed E-state index contributed by atoms with van der Waals surface area (Å²) in [4.78, 5) is 14.5. The van der Waals surface area contributed by atoms with Crippen LogP contribution in [-0.4, -0.2) is 38.7 Å². The first-order chi connectivity index (χ1) is 16.6. The molecular formula is C26H22F2N4OS. The summed E-state index contributed by atoms with van der Waals surface area (Å²) in [5.41, 5.74) is 2.63. The summed E-state index contributed by atoms with van der Waals surface area (Å²) in [6.45, 7) is 1.63. The van der Waals surface area contributed by atoms with Crippen molar-refractivity contribution in [3.63, 3.8) is 0 Å². The maximum absolute atomic E-state index is 14.7. The van der Waals surface area contributed by atoms with E-state index in [9.17, 15) is 13.6 Å². The van der Waals surface area contributed by atoms with Gasteiger partial charge >= 0.3 is 0 Å². The van der Waals surface area contributed by atoms with Crippen LogP contribution in [0.25, 0.3) is 17.1 Å². The predicted octanol–water partition coefficient (Wildman–Crippen LogP) is 5.74. The van der Waals surface area contributed by atoms with Crippen molar-refractivity contribution >= 4 is 17.7 Å². The van der Waals surface area contributed by atoms with E-state index in [1.807, 2.05) is 59.5 Å². The molecule has 1 aromatic heterocycles. The van der Waals surface area contributed by atoms with Crippen LogP contribution in [-0.2, 0) is 5.75 Å². The van der Waals surface area contributed by atoms with E-state index in [1.165, 1.54) is 23.9 Å². The average molecular weight is 477 g/mol. The van der Waals surface area contributed by atoms with Crippen LogP contribution in [0.5, 0.6) is 0 Å². The fourth-order valence-electron chi connectivity index (χ4n) is 4.01. The van der Waals surface area contributed by atoms with Gasteiger partial charge in [-0.15, -0.1) is 10.2 Å². The largest absolute Gasteiger partial charge is 0.339 e. The second kappa shape index (κ2) is 9.77. The maximum atomic E-state index is 14.7. The Labute approximate surface area is 200 Å². The summed E-state index contributed by atoms with van der Waals surface area (Å²) < 4.78 is 29.9. The second-order valence-electron chi connectivity index (χ2n) is 8.09. The van der Waals surface area contributed by atoms with E-state index in [0.29, 0.717) is 22.3 Å². The number of carbonyl (C=O) groups is 1. The minimum atomic E-state index is -0.691. The van der Waals surface area contributed by atoms with Crippen molar-refractivity contribution in [3.05, 3.63) is 95.6 Å². The van der Waals surface area contributed by atoms with E-state index in [4.69, 9.17) is 0 Å². The Balaban J connectivity index is 1.40. The van der Waals surface area contributed by atoms with Crippen LogP contribution in [0, 0.1) is 11.6 Å². The maximum Gasteiger partial charge on any atom is 0.253 e. The normalized spacial score (nSPS) is 13.4. The van der Waals surface area contributed by atoms with Gasteiger partial charge in [-0.2, -0.15) is 0 Å². The first-order valence-electron chi connectivity index (χ1n) is 11.1. The molecular weight excluding hydrogens is 454 g/mol. The molecule has 5 rings (SSSR count). The zero-order valence-electron chi connectivity index (χ0n) is 18.3. The Bertz CT molecular complexity index is 1300. The van der Waals surface area contributed by atoms with Crippen molar-refractivity contribution in [2.45, 2.75) is 23.8 Å². The van der Waals surface area contributed by atoms with Gasteiger partial charge in [0.15, 0.2) is 11.0 Å². The van der Waals surface area contributed by atoms with E-state index >= 15 is 0 Å². The highest BCUT2D eigenvalue weighted by atomic mass is 32.2. The SMILES string of the molecule is O=C(c1ccc(CSc2nnc(-c3ccccc3)n2-c2ccc(F)cc2F)cc1)N1CCCC1. The minimum Gasteiger partial charge on any atom is -0.339 e. The molecule has 0 unspecified atom stereocenters. The Hall–Kier alpha value is -3.52. The first-order valence-corrected chi connectivity index (χ1v) is 12.1. The van der Waals surface area contributed by atoms with Crippen molar-refractivity contribution in [1.82, 2.24) is 19.7 Å². The molecule has 0 N–H and O–H groups in total. The third kappa shape index (κ3) is 4.59. The van der Waals surface area contributed by atoms with Crippen LogP contribution >= 0.6 is 11.8 Å². The number of hydrogen-bond donors (Lipinski definition) is 0. The Morgan fingerprint density at radius 3 is 2.35 bits per heavy atom. The highest BCUT2D eigenvalue weighted by Crippen LogP contribution is 2.31. The number of hydrogen-bond acceptors (Lipinski definition) is 4. The molecule has 0 radical (unpaired) electrons. The molecule has 1 aliphatic heterocycles. The molecule has 172 valence electrons. The minimum absolute atomic E-state index is 0.0655. The number of likely N-dealkylation sites (tertiary alicyclic amines) is 1. The number of aromatic nitrogens is 3. The zero-order chi connectivity index (χ0) is 23.5. The van der Waals surface area contributed by atoms with Crippen LogP contribution in [0.4, 0.5) is 8.78 Å². The lowest BCUT2D eigenvalue weighted by Gasteiger charge is -2.15. The van der Waals surface area contributed by atoms with E-state index in [1.54, 1.807) is 4.57 Å². The molecule has 2 heterocycles. The molecule has 0 spiro atoms. The van der Waals surface area contributed by atoms with Gasteiger partial charge in [-0.05, 0) is 42.7 Å². The molecule has 3 aromatic carbocycles. The number of thioether (sulfide) groups is 1. The lowest BCUT2D eigenvalue weighted by Crippen LogP contribution is -2.27. The van der Waals surface area contributed by atoms with Crippen molar-refractivity contribution in [3.8, 4) is 17.1 Å². The number of carbonyl (C=O) groups excluding carboxylic acids is 1. The van der Waals surface area contributed by atoms with Gasteiger partial charge in [-0.1, -0.05) is 54.2 Å². The standard InChI is InChI=1S/C26H22F2N4OS/c27-21-12-13-23(22(28)16-21)32-24(19-6-2-1-3-7-19)29-30-26(32)34-17-18-8-10-20(11-9-18)25(33)31-14-4-5-15-31/h1-3,6-13,16H,4-5,14-15,17H2. The molecule has 1 aliphatic rings. The van der Waals surface area contributed by atoms with Crippen LogP contribution in [0.1, 0.15) is 28.8 Å². The summed E-state index contributed by atoms with van der Waals surface area (Å²) in [6.07, 6.45) is 2.11. The van der Waals surface area contributed by atoms with Gasteiger partial charge in [-0.3, -0.25) is 9.36 Å². The van der Waals surface area contributed by atoms with Crippen molar-refractivity contribution in [2.75, 3.05) is 13.1 Å². The lowest BCUT2D eigenvalue weighted by molar-refractivity contribution is 0.0793. The molecule has 5 nitrogen and oxygen atoms in total. The predicted molar refractivity (Wildman–Crippen MR) is 128 cm³/mol. The fraction of sp³-hybridized carbons (Fsp3) is 0.192. The highest BCUT2D eigenvalue weighted by Gasteiger charge is 2.21. The second-order valence-corrected chi connectivity index (χ2v) is 9.03. The van der Waals surface area contributed by atoms with Crippen molar-refractivity contribution < 1.29 is 13.6 Å². The molecule has 1 saturated heterocycles. The van der Waals surface area contributed by atoms with Crippen molar-refractivity contribution in [2.24, 2.45) is 0 Å². The quantitative estimate of drug-likeness (QED) is 0.333. The van der Waals surface area contributed by atoms with Gasteiger partial charge in [0.05, 0.1) is 5.69 Å². The number of rotatable bonds is 6. The number of amides is 1. The molecule has 0 saturated carbocycles. The third-order valence-corrected chi connectivity index (χ3v) is 6.78. The summed E-state index contributed by atoms with van der Waals surface area (Å²) in [5.74, 6) is -0.249. The lowest BCUT2D eigenvalue weighted by atomic mass is 10.1. The topological polar surface area (TPSA) is 51.0 Å². The molecule has 0 atom stereocenters. The van der Waals surface area contributed by atoms with Crippen LogP contribution in [0.15, 0.2) is 78.0 Å². The van der Waals surface area contributed by atoms with Crippen LogP contribution < -0.4 is 0 Å². The van der Waals surface area contributed by atoms with Crippen LogP contribution in [0.3, 0.4) is 0 Å². The average Bonchev–Trinajstić information content (AvgIpc) is 3.54. The van der Waals surface area contributed by atoms with E-state index in [-0.39, 0.29) is 11.6 Å². The van der Waals surface area contributed by atoms with Gasteiger partial charge in [0, 0.05) is 36.0 Å². The van der Waals surface area contributed by atoms with E-state index in [0.717, 1.165) is 43.1 Å². The molecule has 34 heavy (non-hydrogen) atoms. The summed E-state index contributed by atoms with van der Waals surface area (Å²) in [6, 6.07) is 20.4. The molecule has 4 aromatic rings. The molecule has 0 aliphatic carbocycles. The fourth-order valence-corrected chi connectivity index (χ4v) is 4.91. The molecule has 1 fully saturated rings. The highest BCUT2D eigenvalue weighted by molar-refractivity contribution is 7.98. The Morgan fingerprint density at radius 2 is 1.65 bits per heavy atom. The van der Waals surface area contributed by atoms with Gasteiger partial charge in [0.2, 0.25) is 0 Å². The first kappa shape index (κ1) is 22.3. The van der Waals surface area contributed by atoms with Gasteiger partial charge < -0.3 is 4.90 Å². The van der Waals surface area contributed by atoms with Crippen molar-refractivity contribution in [1.29, 1.82) is 0 Å². The summed E-state index contributed by atoms with van der Waals surface area (Å²) >= 11 is 1.40. The number of halogens is 2. The molecule has 8 heteroatoms. The van der Waals surface area contributed by atoms with Gasteiger partial charge in [-0.25, -0.2) is 8.78 Å². The third-order valence-electron chi connectivity index (χ3n) is 5.78. The smallest absolute Gasteiger partial charge is 0.253 e. The molecule has 0 bridgehead atoms. The van der Waals surface area contributed by atoms with Gasteiger partial charge in [0.25, 0.3) is 5.91 Å². The van der Waals surface area contributed by atoms with E-state index in [2.05, 4.69) is 10.2 Å². The van der Waals surface area contributed by atoms with Gasteiger partial charge in [0.1, 0.15) is 11.6 Å². The number of benzene rings is 3. The number of nitrogens with zero attached hydrogens (tertiary/aromatic N) is 4. The Morgan fingerprint density at radius 1 is 0.912 bits per heavy atom. The Kier molecular flexibility index (Phi) is 6.40.